The van der Waals surface area contributed by atoms with E-state index in [2.05, 4.69) is 20.7 Å². The molecular weight excluding hydrogens is 611 g/mol. The summed E-state index contributed by atoms with van der Waals surface area (Å²) in [5.74, 6) is -0.724. The van der Waals surface area contributed by atoms with Gasteiger partial charge >= 0.3 is 0 Å². The van der Waals surface area contributed by atoms with Crippen LogP contribution >= 0.6 is 23.2 Å². The van der Waals surface area contributed by atoms with Crippen LogP contribution in [-0.4, -0.2) is 53.0 Å². The molecule has 13 nitrogen and oxygen atoms in total. The number of nitrogens with zero attached hydrogens (tertiary/aromatic N) is 4. The summed E-state index contributed by atoms with van der Waals surface area (Å²) in [6, 6.07) is 9.29. The van der Waals surface area contributed by atoms with E-state index in [0.717, 1.165) is 36.0 Å². The Morgan fingerprint density at radius 2 is 1.90 bits per heavy atom. The van der Waals surface area contributed by atoms with Gasteiger partial charge in [0.15, 0.2) is 5.82 Å². The Morgan fingerprint density at radius 1 is 1.14 bits per heavy atom. The van der Waals surface area contributed by atoms with E-state index in [4.69, 9.17) is 23.2 Å². The van der Waals surface area contributed by atoms with Crippen LogP contribution in [0.4, 0.5) is 17.2 Å². The monoisotopic (exact) mass is 632 g/mol. The summed E-state index contributed by atoms with van der Waals surface area (Å²) in [6.07, 6.45) is 3.09. The molecule has 1 aromatic heterocycles. The van der Waals surface area contributed by atoms with Crippen LogP contribution in [0, 0.1) is 16.0 Å². The van der Waals surface area contributed by atoms with Gasteiger partial charge in [-0.25, -0.2) is 9.99 Å². The molecule has 0 bridgehead atoms. The summed E-state index contributed by atoms with van der Waals surface area (Å²) >= 11 is 12.5. The number of rotatable bonds is 9. The third kappa shape index (κ3) is 6.21. The first kappa shape index (κ1) is 29.4. The minimum Gasteiger partial charge on any atom is -0.352 e. The highest BCUT2D eigenvalue weighted by atomic mass is 35.5. The fourth-order valence-corrected chi connectivity index (χ4v) is 5.58. The maximum absolute atomic E-state index is 13.8. The number of nitrogens with one attached hydrogen (secondary N) is 2. The molecule has 0 radical (unpaired) electrons. The average Bonchev–Trinajstić information content (AvgIpc) is 3.68. The van der Waals surface area contributed by atoms with Crippen LogP contribution in [0.2, 0.25) is 10.0 Å². The number of hydrogen-bond acceptors (Lipinski definition) is 9. The van der Waals surface area contributed by atoms with Gasteiger partial charge in [0.2, 0.25) is 5.91 Å². The summed E-state index contributed by atoms with van der Waals surface area (Å²) in [7, 11) is -4.93. The molecule has 3 N–H and O–H groups in total. The number of pyridine rings is 1. The minimum absolute atomic E-state index is 0.0137. The lowest BCUT2D eigenvalue weighted by molar-refractivity contribution is -0.385. The first-order valence-corrected chi connectivity index (χ1v) is 14.7. The second-order valence-electron chi connectivity index (χ2n) is 9.64. The zero-order chi connectivity index (χ0) is 30.2. The van der Waals surface area contributed by atoms with E-state index in [9.17, 15) is 32.7 Å². The number of carbonyl (C=O) groups is 2. The highest BCUT2D eigenvalue weighted by molar-refractivity contribution is 7.86. The second-order valence-corrected chi connectivity index (χ2v) is 11.9. The first-order valence-electron chi connectivity index (χ1n) is 12.5. The average molecular weight is 633 g/mol. The van der Waals surface area contributed by atoms with Gasteiger partial charge in [-0.05, 0) is 55.2 Å². The number of hydrazone groups is 1. The number of anilines is 2. The first-order chi connectivity index (χ1) is 19.9. The SMILES string of the molecule is O=C(NCC1CC1)c1cc(Cl)ccc1NC(=O)C1CC(c2c([N+](=O)[O-])cccc2S(=O)(=O)O)=NN1c1ncccc1Cl. The molecule has 16 heteroatoms. The van der Waals surface area contributed by atoms with Gasteiger partial charge in [0.05, 0.1) is 32.5 Å². The molecule has 1 unspecified atom stereocenters. The molecular formula is C26H22Cl2N6O7S. The van der Waals surface area contributed by atoms with Crippen LogP contribution in [0.5, 0.6) is 0 Å². The second kappa shape index (κ2) is 11.6. The van der Waals surface area contributed by atoms with Crippen molar-refractivity contribution in [3.05, 3.63) is 86.0 Å². The molecule has 1 saturated carbocycles. The Morgan fingerprint density at radius 3 is 2.57 bits per heavy atom. The Balaban J connectivity index is 1.54. The Kier molecular flexibility index (Phi) is 8.14. The van der Waals surface area contributed by atoms with Crippen LogP contribution in [0.15, 0.2) is 64.7 Å². The van der Waals surface area contributed by atoms with Gasteiger partial charge in [0, 0.05) is 30.3 Å². The summed E-state index contributed by atoms with van der Waals surface area (Å²) in [6.45, 7) is 0.483. The number of amides is 2. The molecule has 0 saturated heterocycles. The highest BCUT2D eigenvalue weighted by Gasteiger charge is 2.40. The van der Waals surface area contributed by atoms with Gasteiger partial charge in [0.1, 0.15) is 10.9 Å². The van der Waals surface area contributed by atoms with E-state index < -0.39 is 49.0 Å². The van der Waals surface area contributed by atoms with Crippen molar-refractivity contribution in [2.45, 2.75) is 30.2 Å². The molecule has 1 fully saturated rings. The van der Waals surface area contributed by atoms with Crippen molar-refractivity contribution in [1.82, 2.24) is 10.3 Å². The smallest absolute Gasteiger partial charge is 0.295 e. The molecule has 2 aromatic carbocycles. The zero-order valence-corrected chi connectivity index (χ0v) is 23.9. The van der Waals surface area contributed by atoms with Crippen LogP contribution in [0.3, 0.4) is 0 Å². The summed E-state index contributed by atoms with van der Waals surface area (Å²) in [5, 5.41) is 23.2. The van der Waals surface area contributed by atoms with Crippen molar-refractivity contribution in [3.63, 3.8) is 0 Å². The molecule has 42 heavy (non-hydrogen) atoms. The van der Waals surface area contributed by atoms with E-state index in [-0.39, 0.29) is 39.2 Å². The van der Waals surface area contributed by atoms with Gasteiger partial charge < -0.3 is 10.6 Å². The van der Waals surface area contributed by atoms with Gasteiger partial charge in [-0.1, -0.05) is 29.3 Å². The van der Waals surface area contributed by atoms with Crippen molar-refractivity contribution in [1.29, 1.82) is 0 Å². The van der Waals surface area contributed by atoms with E-state index in [0.29, 0.717) is 12.5 Å². The van der Waals surface area contributed by atoms with Crippen molar-refractivity contribution in [2.75, 3.05) is 16.9 Å². The van der Waals surface area contributed by atoms with E-state index >= 15 is 0 Å². The normalized spacial score (nSPS) is 16.6. The summed E-state index contributed by atoms with van der Waals surface area (Å²) in [4.78, 5) is 41.1. The lowest BCUT2D eigenvalue weighted by Crippen LogP contribution is -2.39. The van der Waals surface area contributed by atoms with Gasteiger partial charge in [0.25, 0.3) is 21.7 Å². The van der Waals surface area contributed by atoms with Crippen molar-refractivity contribution >= 4 is 68.0 Å². The molecule has 2 amide bonds. The molecule has 2 heterocycles. The lowest BCUT2D eigenvalue weighted by atomic mass is 10.0. The standard InChI is InChI=1S/C26H22Cl2N6O7S/c27-15-8-9-18(16(11-15)25(35)30-13-14-6-7-14)31-26(36)21-12-19(32-33(21)24-17(28)3-2-10-29-24)23-20(34(37)38)4-1-5-22(23)42(39,40)41/h1-5,8-11,14,21H,6-7,12-13H2,(H,30,35)(H,31,36)(H,39,40,41). The zero-order valence-electron chi connectivity index (χ0n) is 21.5. The molecule has 0 spiro atoms. The number of halogens is 2. The summed E-state index contributed by atoms with van der Waals surface area (Å²) < 4.78 is 34.2. The molecule has 1 atom stereocenters. The Bertz CT molecular complexity index is 1750. The van der Waals surface area contributed by atoms with Crippen molar-refractivity contribution in [2.24, 2.45) is 11.0 Å². The van der Waals surface area contributed by atoms with Crippen molar-refractivity contribution in [3.8, 4) is 0 Å². The van der Waals surface area contributed by atoms with E-state index in [1.165, 1.54) is 30.5 Å². The fraction of sp³-hybridized carbons (Fsp3) is 0.231. The van der Waals surface area contributed by atoms with Crippen LogP contribution in [0.1, 0.15) is 35.2 Å². The van der Waals surface area contributed by atoms with Crippen LogP contribution < -0.4 is 15.6 Å². The lowest BCUT2D eigenvalue weighted by Gasteiger charge is -2.23. The predicted octanol–water partition coefficient (Wildman–Crippen LogP) is 4.30. The third-order valence-electron chi connectivity index (χ3n) is 6.67. The quantitative estimate of drug-likeness (QED) is 0.176. The number of carbonyl (C=O) groups excluding carboxylic acids is 2. The molecule has 5 rings (SSSR count). The largest absolute Gasteiger partial charge is 0.352 e. The highest BCUT2D eigenvalue weighted by Crippen LogP contribution is 2.36. The number of nitro groups is 1. The van der Waals surface area contributed by atoms with Gasteiger partial charge in [-0.2, -0.15) is 13.5 Å². The number of aromatic nitrogens is 1. The van der Waals surface area contributed by atoms with E-state index in [1.807, 2.05) is 0 Å². The number of benzene rings is 2. The van der Waals surface area contributed by atoms with Gasteiger partial charge in [-0.3, -0.25) is 24.3 Å². The molecule has 1 aliphatic heterocycles. The molecule has 1 aliphatic carbocycles. The molecule has 3 aromatic rings. The maximum atomic E-state index is 13.8. The van der Waals surface area contributed by atoms with Gasteiger partial charge in [-0.15, -0.1) is 0 Å². The Labute approximate surface area is 249 Å². The Hall–Kier alpha value is -4.11. The minimum atomic E-state index is -4.93. The third-order valence-corrected chi connectivity index (χ3v) is 8.09. The number of nitro benzene ring substituents is 1. The maximum Gasteiger partial charge on any atom is 0.295 e. The van der Waals surface area contributed by atoms with Crippen LogP contribution in [-0.2, 0) is 14.9 Å². The molecule has 218 valence electrons. The predicted molar refractivity (Wildman–Crippen MR) is 155 cm³/mol. The van der Waals surface area contributed by atoms with Crippen molar-refractivity contribution < 1.29 is 27.5 Å². The van der Waals surface area contributed by atoms with E-state index in [1.54, 1.807) is 6.07 Å². The summed E-state index contributed by atoms with van der Waals surface area (Å²) in [5.41, 5.74) is -1.06. The molecule has 2 aliphatic rings. The fourth-order valence-electron chi connectivity index (χ4n) is 4.47. The topological polar surface area (TPSA) is 184 Å². The number of hydrogen-bond donors (Lipinski definition) is 3. The van der Waals surface area contributed by atoms with Crippen LogP contribution in [0.25, 0.3) is 0 Å².